The van der Waals surface area contributed by atoms with Crippen LogP contribution in [0.25, 0.3) is 0 Å². The maximum absolute atomic E-state index is 12.3. The lowest BCUT2D eigenvalue weighted by molar-refractivity contribution is -0.115. The number of anilines is 2. The topological polar surface area (TPSA) is 76.7 Å². The van der Waals surface area contributed by atoms with Crippen LogP contribution >= 0.6 is 0 Å². The van der Waals surface area contributed by atoms with Crippen LogP contribution in [0.15, 0.2) is 54.6 Å². The molecule has 1 fully saturated rings. The van der Waals surface area contributed by atoms with E-state index in [1.165, 1.54) is 0 Å². The molecule has 0 bridgehead atoms. The summed E-state index contributed by atoms with van der Waals surface area (Å²) in [6, 6.07) is 17.1. The van der Waals surface area contributed by atoms with E-state index in [0.717, 1.165) is 49.7 Å². The molecule has 1 heterocycles. The molecule has 0 saturated carbocycles. The summed E-state index contributed by atoms with van der Waals surface area (Å²) in [5, 5.41) is 8.28. The lowest BCUT2D eigenvalue weighted by atomic mass is 10.2. The molecule has 3 N–H and O–H groups in total. The predicted molar refractivity (Wildman–Crippen MR) is 116 cm³/mol. The first-order valence-corrected chi connectivity index (χ1v) is 10.1. The molecule has 7 nitrogen and oxygen atoms in total. The van der Waals surface area contributed by atoms with Gasteiger partial charge in [-0.2, -0.15) is 0 Å². The average Bonchev–Trinajstić information content (AvgIpc) is 2.77. The number of carbonyl (C=O) groups is 2. The van der Waals surface area contributed by atoms with Crippen molar-refractivity contribution in [3.63, 3.8) is 0 Å². The summed E-state index contributed by atoms with van der Waals surface area (Å²) in [6.45, 7) is 7.46. The molecule has 3 rings (SSSR count). The van der Waals surface area contributed by atoms with Crippen LogP contribution in [0.5, 0.6) is 0 Å². The molecule has 0 aliphatic carbocycles. The van der Waals surface area contributed by atoms with Crippen LogP contribution in [-0.2, 0) is 11.3 Å². The summed E-state index contributed by atoms with van der Waals surface area (Å²) >= 11 is 0. The quantitative estimate of drug-likeness (QED) is 0.672. The van der Waals surface area contributed by atoms with Gasteiger partial charge in [0.2, 0.25) is 5.91 Å². The van der Waals surface area contributed by atoms with Crippen LogP contribution in [0.2, 0.25) is 0 Å². The highest BCUT2D eigenvalue weighted by atomic mass is 16.2. The first-order chi connectivity index (χ1) is 14.2. The van der Waals surface area contributed by atoms with Crippen molar-refractivity contribution in [3.05, 3.63) is 60.2 Å². The standard InChI is InChI=1S/C22H29N5O2/c1-2-26-12-14-27(15-13-26)20-11-7-6-10-19(20)25-21(28)17-24-22(29)23-16-18-8-4-3-5-9-18/h3-11H,2,12-17H2,1H3,(H,25,28)(H2,23,24,29). The third-order valence-electron chi connectivity index (χ3n) is 5.04. The molecule has 7 heteroatoms. The second-order valence-corrected chi connectivity index (χ2v) is 7.01. The highest BCUT2D eigenvalue weighted by Crippen LogP contribution is 2.26. The van der Waals surface area contributed by atoms with Gasteiger partial charge in [0.1, 0.15) is 0 Å². The summed E-state index contributed by atoms with van der Waals surface area (Å²) in [7, 11) is 0. The van der Waals surface area contributed by atoms with Crippen molar-refractivity contribution in [1.82, 2.24) is 15.5 Å². The summed E-state index contributed by atoms with van der Waals surface area (Å²) in [5.74, 6) is -0.250. The fraction of sp³-hybridized carbons (Fsp3) is 0.364. The monoisotopic (exact) mass is 395 g/mol. The second kappa shape index (κ2) is 10.5. The molecule has 1 aliphatic heterocycles. The van der Waals surface area contributed by atoms with Gasteiger partial charge in [0.15, 0.2) is 0 Å². The lowest BCUT2D eigenvalue weighted by Crippen LogP contribution is -2.46. The molecule has 0 aromatic heterocycles. The minimum Gasteiger partial charge on any atom is -0.367 e. The van der Waals surface area contributed by atoms with Gasteiger partial charge in [-0.1, -0.05) is 49.4 Å². The van der Waals surface area contributed by atoms with Crippen molar-refractivity contribution in [2.45, 2.75) is 13.5 Å². The van der Waals surface area contributed by atoms with Crippen LogP contribution in [0, 0.1) is 0 Å². The van der Waals surface area contributed by atoms with E-state index in [1.54, 1.807) is 0 Å². The largest absolute Gasteiger partial charge is 0.367 e. The molecule has 0 atom stereocenters. The van der Waals surface area contributed by atoms with Gasteiger partial charge in [0.05, 0.1) is 17.9 Å². The van der Waals surface area contributed by atoms with E-state index in [1.807, 2.05) is 54.6 Å². The van der Waals surface area contributed by atoms with Crippen molar-refractivity contribution in [2.24, 2.45) is 0 Å². The second-order valence-electron chi connectivity index (χ2n) is 7.01. The Balaban J connectivity index is 1.47. The summed E-state index contributed by atoms with van der Waals surface area (Å²) in [6.07, 6.45) is 0. The Hall–Kier alpha value is -3.06. The zero-order chi connectivity index (χ0) is 20.5. The van der Waals surface area contributed by atoms with E-state index in [2.05, 4.69) is 32.7 Å². The van der Waals surface area contributed by atoms with E-state index in [9.17, 15) is 9.59 Å². The Morgan fingerprint density at radius 3 is 2.31 bits per heavy atom. The number of likely N-dealkylation sites (N-methyl/N-ethyl adjacent to an activating group) is 1. The molecule has 154 valence electrons. The van der Waals surface area contributed by atoms with E-state index in [0.29, 0.717) is 6.54 Å². The van der Waals surface area contributed by atoms with Crippen LogP contribution < -0.4 is 20.9 Å². The number of amides is 3. The molecular weight excluding hydrogens is 366 g/mol. The minimum absolute atomic E-state index is 0.0848. The summed E-state index contributed by atoms with van der Waals surface area (Å²) in [4.78, 5) is 29.0. The van der Waals surface area contributed by atoms with Gasteiger partial charge in [-0.05, 0) is 24.2 Å². The van der Waals surface area contributed by atoms with E-state index >= 15 is 0 Å². The van der Waals surface area contributed by atoms with Crippen molar-refractivity contribution in [2.75, 3.05) is 49.5 Å². The zero-order valence-electron chi connectivity index (χ0n) is 16.9. The highest BCUT2D eigenvalue weighted by molar-refractivity contribution is 5.97. The zero-order valence-corrected chi connectivity index (χ0v) is 16.9. The van der Waals surface area contributed by atoms with Gasteiger partial charge in [-0.15, -0.1) is 0 Å². The van der Waals surface area contributed by atoms with E-state index in [4.69, 9.17) is 0 Å². The van der Waals surface area contributed by atoms with E-state index < -0.39 is 0 Å². The first-order valence-electron chi connectivity index (χ1n) is 10.1. The molecule has 1 aliphatic rings. The molecule has 3 amide bonds. The van der Waals surface area contributed by atoms with Crippen LogP contribution in [0.3, 0.4) is 0 Å². The fourth-order valence-electron chi connectivity index (χ4n) is 3.36. The first kappa shape index (κ1) is 20.7. The number of piperazine rings is 1. The molecular formula is C22H29N5O2. The van der Waals surface area contributed by atoms with Crippen LogP contribution in [-0.4, -0.2) is 56.1 Å². The number of benzene rings is 2. The Kier molecular flexibility index (Phi) is 7.47. The molecule has 0 unspecified atom stereocenters. The summed E-state index contributed by atoms with van der Waals surface area (Å²) in [5.41, 5.74) is 2.79. The number of hydrogen-bond donors (Lipinski definition) is 3. The Morgan fingerprint density at radius 1 is 0.897 bits per heavy atom. The molecule has 0 radical (unpaired) electrons. The number of carbonyl (C=O) groups excluding carboxylic acids is 2. The number of rotatable bonds is 7. The van der Waals surface area contributed by atoms with Gasteiger partial charge < -0.3 is 25.8 Å². The molecule has 1 saturated heterocycles. The molecule has 0 spiro atoms. The van der Waals surface area contributed by atoms with Crippen LogP contribution in [0.4, 0.5) is 16.2 Å². The van der Waals surface area contributed by atoms with Gasteiger partial charge in [0, 0.05) is 32.7 Å². The SMILES string of the molecule is CCN1CCN(c2ccccc2NC(=O)CNC(=O)NCc2ccccc2)CC1. The Labute approximate surface area is 172 Å². The normalized spacial score (nSPS) is 14.3. The third kappa shape index (κ3) is 6.22. The van der Waals surface area contributed by atoms with Gasteiger partial charge >= 0.3 is 6.03 Å². The van der Waals surface area contributed by atoms with Crippen molar-refractivity contribution >= 4 is 23.3 Å². The number of para-hydroxylation sites is 2. The fourth-order valence-corrected chi connectivity index (χ4v) is 3.36. The number of nitrogens with zero attached hydrogens (tertiary/aromatic N) is 2. The van der Waals surface area contributed by atoms with Gasteiger partial charge in [-0.25, -0.2) is 4.79 Å². The van der Waals surface area contributed by atoms with Gasteiger partial charge in [-0.3, -0.25) is 4.79 Å². The predicted octanol–water partition coefficient (Wildman–Crippen LogP) is 2.27. The maximum Gasteiger partial charge on any atom is 0.315 e. The number of urea groups is 1. The van der Waals surface area contributed by atoms with Gasteiger partial charge in [0.25, 0.3) is 0 Å². The average molecular weight is 396 g/mol. The molecule has 2 aromatic carbocycles. The van der Waals surface area contributed by atoms with Crippen molar-refractivity contribution in [1.29, 1.82) is 0 Å². The number of hydrogen-bond acceptors (Lipinski definition) is 4. The Morgan fingerprint density at radius 2 is 1.59 bits per heavy atom. The molecule has 29 heavy (non-hydrogen) atoms. The maximum atomic E-state index is 12.3. The summed E-state index contributed by atoms with van der Waals surface area (Å²) < 4.78 is 0. The molecule has 2 aromatic rings. The lowest BCUT2D eigenvalue weighted by Gasteiger charge is -2.36. The van der Waals surface area contributed by atoms with Crippen LogP contribution in [0.1, 0.15) is 12.5 Å². The Bertz CT molecular complexity index is 804. The van der Waals surface area contributed by atoms with E-state index in [-0.39, 0.29) is 18.5 Å². The minimum atomic E-state index is -0.368. The number of nitrogens with one attached hydrogen (secondary N) is 3. The highest BCUT2D eigenvalue weighted by Gasteiger charge is 2.18. The van der Waals surface area contributed by atoms with Crippen molar-refractivity contribution < 1.29 is 9.59 Å². The van der Waals surface area contributed by atoms with Crippen molar-refractivity contribution in [3.8, 4) is 0 Å². The third-order valence-corrected chi connectivity index (χ3v) is 5.04. The smallest absolute Gasteiger partial charge is 0.315 e.